The first kappa shape index (κ1) is 17.6. The zero-order valence-corrected chi connectivity index (χ0v) is 15.1. The Bertz CT molecular complexity index is 957. The number of cyclic esters (lactones) is 1. The highest BCUT2D eigenvalue weighted by atomic mass is 79.9. The molecule has 1 aliphatic heterocycles. The van der Waals surface area contributed by atoms with E-state index in [-0.39, 0.29) is 11.3 Å². The highest BCUT2D eigenvalue weighted by molar-refractivity contribution is 9.10. The molecular weight excluding hydrogens is 412 g/mol. The Morgan fingerprint density at radius 1 is 1.20 bits per heavy atom. The van der Waals surface area contributed by atoms with Crippen LogP contribution in [-0.2, 0) is 26.0 Å². The molecule has 1 amide bonds. The van der Waals surface area contributed by atoms with Crippen LogP contribution in [0.5, 0.6) is 0 Å². The maximum Gasteiger partial charge on any atom is 0.339 e. The Balaban J connectivity index is 1.75. The molecule has 1 heterocycles. The lowest BCUT2D eigenvalue weighted by Gasteiger charge is -2.24. The van der Waals surface area contributed by atoms with Crippen LogP contribution in [-0.4, -0.2) is 26.4 Å². The summed E-state index contributed by atoms with van der Waals surface area (Å²) in [4.78, 5) is 24.3. The van der Waals surface area contributed by atoms with E-state index in [9.17, 15) is 18.0 Å². The van der Waals surface area contributed by atoms with Crippen LogP contribution in [0, 0.1) is 0 Å². The lowest BCUT2D eigenvalue weighted by Crippen LogP contribution is -2.38. The van der Waals surface area contributed by atoms with E-state index in [1.54, 1.807) is 18.2 Å². The lowest BCUT2D eigenvalue weighted by molar-refractivity contribution is -0.125. The van der Waals surface area contributed by atoms with E-state index in [1.807, 2.05) is 0 Å². The number of halogens is 1. The number of carbonyl (C=O) groups excluding carboxylic acids is 2. The van der Waals surface area contributed by atoms with Crippen LogP contribution in [0.25, 0.3) is 0 Å². The topological polar surface area (TPSA) is 116 Å². The second-order valence-electron chi connectivity index (χ2n) is 5.46. The van der Waals surface area contributed by atoms with Crippen LogP contribution >= 0.6 is 15.9 Å². The van der Waals surface area contributed by atoms with Crippen molar-refractivity contribution in [3.05, 3.63) is 58.1 Å². The van der Waals surface area contributed by atoms with Gasteiger partial charge in [-0.25, -0.2) is 18.4 Å². The van der Waals surface area contributed by atoms with Gasteiger partial charge >= 0.3 is 5.97 Å². The van der Waals surface area contributed by atoms with Crippen molar-refractivity contribution in [2.75, 3.05) is 5.32 Å². The van der Waals surface area contributed by atoms with Crippen LogP contribution in [0.1, 0.15) is 15.9 Å². The smallest absolute Gasteiger partial charge is 0.339 e. The fourth-order valence-electron chi connectivity index (χ4n) is 2.46. The minimum Gasteiger partial charge on any atom is -0.448 e. The van der Waals surface area contributed by atoms with Crippen LogP contribution in [0.4, 0.5) is 5.69 Å². The summed E-state index contributed by atoms with van der Waals surface area (Å²) in [6.45, 7) is 0. The molecule has 0 fully saturated rings. The Morgan fingerprint density at radius 3 is 2.52 bits per heavy atom. The van der Waals surface area contributed by atoms with Gasteiger partial charge in [-0.2, -0.15) is 0 Å². The molecular formula is C16H13BrN2O5S. The van der Waals surface area contributed by atoms with Gasteiger partial charge in [0.15, 0.2) is 6.10 Å². The summed E-state index contributed by atoms with van der Waals surface area (Å²) in [7, 11) is -3.80. The van der Waals surface area contributed by atoms with E-state index in [4.69, 9.17) is 9.88 Å². The number of benzene rings is 2. The van der Waals surface area contributed by atoms with Crippen LogP contribution < -0.4 is 10.5 Å². The molecule has 0 saturated carbocycles. The number of rotatable bonds is 3. The number of carbonyl (C=O) groups is 2. The average Bonchev–Trinajstić information content (AvgIpc) is 2.54. The van der Waals surface area contributed by atoms with E-state index in [0.29, 0.717) is 11.3 Å². The maximum absolute atomic E-state index is 12.3. The number of sulfonamides is 1. The summed E-state index contributed by atoms with van der Waals surface area (Å²) < 4.78 is 28.4. The Morgan fingerprint density at radius 2 is 1.88 bits per heavy atom. The fraction of sp³-hybridized carbons (Fsp3) is 0.125. The predicted molar refractivity (Wildman–Crippen MR) is 93.5 cm³/mol. The van der Waals surface area contributed by atoms with Crippen molar-refractivity contribution < 1.29 is 22.7 Å². The maximum atomic E-state index is 12.3. The molecule has 130 valence electrons. The van der Waals surface area contributed by atoms with Gasteiger partial charge in [0.2, 0.25) is 10.0 Å². The molecule has 2 aromatic rings. The molecule has 2 aromatic carbocycles. The summed E-state index contributed by atoms with van der Waals surface area (Å²) in [5.74, 6) is -1.05. The average molecular weight is 425 g/mol. The summed E-state index contributed by atoms with van der Waals surface area (Å²) >= 11 is 3.33. The second-order valence-corrected chi connectivity index (χ2v) is 7.94. The Hall–Kier alpha value is -2.23. The van der Waals surface area contributed by atoms with Gasteiger partial charge in [-0.05, 0) is 48.0 Å². The standard InChI is InChI=1S/C16H13BrN2O5S/c17-10-1-6-13-9(7-10)8-14(24-16(13)21)15(20)19-11-2-4-12(5-3-11)25(18,22)23/h1-7,14H,8H2,(H,19,20)(H2,18,22,23). The predicted octanol–water partition coefficient (Wildman–Crippen LogP) is 1.82. The third kappa shape index (κ3) is 3.89. The molecule has 0 aromatic heterocycles. The number of primary sulfonamides is 1. The Labute approximate surface area is 152 Å². The Kier molecular flexibility index (Phi) is 4.63. The van der Waals surface area contributed by atoms with E-state index < -0.39 is 28.0 Å². The summed E-state index contributed by atoms with van der Waals surface area (Å²) in [6.07, 6.45) is -0.714. The first-order valence-electron chi connectivity index (χ1n) is 7.17. The molecule has 0 aliphatic carbocycles. The second kappa shape index (κ2) is 6.58. The van der Waals surface area contributed by atoms with E-state index >= 15 is 0 Å². The van der Waals surface area contributed by atoms with Crippen LogP contribution in [0.2, 0.25) is 0 Å². The molecule has 1 atom stereocenters. The number of amides is 1. The molecule has 9 heteroatoms. The van der Waals surface area contributed by atoms with Crippen molar-refractivity contribution in [2.45, 2.75) is 17.4 Å². The normalized spacial score (nSPS) is 16.7. The van der Waals surface area contributed by atoms with Crippen molar-refractivity contribution in [1.82, 2.24) is 0 Å². The number of hydrogen-bond acceptors (Lipinski definition) is 5. The summed E-state index contributed by atoms with van der Waals surface area (Å²) in [5, 5.41) is 7.61. The lowest BCUT2D eigenvalue weighted by atomic mass is 9.98. The monoisotopic (exact) mass is 424 g/mol. The molecule has 7 nitrogen and oxygen atoms in total. The van der Waals surface area contributed by atoms with Gasteiger partial charge in [0.05, 0.1) is 10.5 Å². The third-order valence-electron chi connectivity index (χ3n) is 3.68. The zero-order valence-electron chi connectivity index (χ0n) is 12.7. The summed E-state index contributed by atoms with van der Waals surface area (Å²) in [5.41, 5.74) is 1.52. The van der Waals surface area contributed by atoms with E-state index in [1.165, 1.54) is 24.3 Å². The van der Waals surface area contributed by atoms with Crippen molar-refractivity contribution >= 4 is 43.5 Å². The van der Waals surface area contributed by atoms with Gasteiger partial charge in [0, 0.05) is 16.6 Å². The van der Waals surface area contributed by atoms with Gasteiger partial charge < -0.3 is 10.1 Å². The van der Waals surface area contributed by atoms with Crippen LogP contribution in [0.3, 0.4) is 0 Å². The molecule has 0 spiro atoms. The minimum absolute atomic E-state index is 0.0617. The van der Waals surface area contributed by atoms with E-state index in [0.717, 1.165) is 10.0 Å². The molecule has 0 saturated heterocycles. The highest BCUT2D eigenvalue weighted by Crippen LogP contribution is 2.25. The van der Waals surface area contributed by atoms with Gasteiger partial charge in [0.25, 0.3) is 5.91 Å². The molecule has 1 unspecified atom stereocenters. The quantitative estimate of drug-likeness (QED) is 0.728. The van der Waals surface area contributed by atoms with Gasteiger partial charge in [-0.15, -0.1) is 0 Å². The molecule has 0 radical (unpaired) electrons. The number of nitrogens with two attached hydrogens (primary N) is 1. The molecule has 1 aliphatic rings. The highest BCUT2D eigenvalue weighted by Gasteiger charge is 2.31. The SMILES string of the molecule is NS(=O)(=O)c1ccc(NC(=O)C2Cc3cc(Br)ccc3C(=O)O2)cc1. The zero-order chi connectivity index (χ0) is 18.2. The molecule has 0 bridgehead atoms. The van der Waals surface area contributed by atoms with Crippen LogP contribution in [0.15, 0.2) is 51.8 Å². The molecule has 3 rings (SSSR count). The first-order valence-corrected chi connectivity index (χ1v) is 9.51. The third-order valence-corrected chi connectivity index (χ3v) is 5.11. The first-order chi connectivity index (χ1) is 11.7. The molecule has 25 heavy (non-hydrogen) atoms. The van der Waals surface area contributed by atoms with Crippen molar-refractivity contribution in [1.29, 1.82) is 0 Å². The van der Waals surface area contributed by atoms with Crippen molar-refractivity contribution in [3.63, 3.8) is 0 Å². The number of nitrogens with one attached hydrogen (secondary N) is 1. The fourth-order valence-corrected chi connectivity index (χ4v) is 3.39. The number of ether oxygens (including phenoxy) is 1. The van der Waals surface area contributed by atoms with Crippen molar-refractivity contribution in [2.24, 2.45) is 5.14 Å². The number of hydrogen-bond donors (Lipinski definition) is 2. The summed E-state index contributed by atoms with van der Waals surface area (Å²) in [6, 6.07) is 10.5. The van der Waals surface area contributed by atoms with Crippen molar-refractivity contribution in [3.8, 4) is 0 Å². The van der Waals surface area contributed by atoms with E-state index in [2.05, 4.69) is 21.2 Å². The number of esters is 1. The largest absolute Gasteiger partial charge is 0.448 e. The number of fused-ring (bicyclic) bond motifs is 1. The van der Waals surface area contributed by atoms with Gasteiger partial charge in [-0.1, -0.05) is 15.9 Å². The minimum atomic E-state index is -3.80. The van der Waals surface area contributed by atoms with Gasteiger partial charge in [-0.3, -0.25) is 4.79 Å². The number of anilines is 1. The van der Waals surface area contributed by atoms with Gasteiger partial charge in [0.1, 0.15) is 0 Å². The molecule has 3 N–H and O–H groups in total.